The molecule has 3 rings (SSSR count). The number of carbonyl (C=O) groups is 1. The highest BCUT2D eigenvalue weighted by Crippen LogP contribution is 2.21. The molecule has 0 atom stereocenters. The van der Waals surface area contributed by atoms with Gasteiger partial charge in [0.2, 0.25) is 5.95 Å². The highest BCUT2D eigenvalue weighted by atomic mass is 35.5. The predicted octanol–water partition coefficient (Wildman–Crippen LogP) is 2.72. The van der Waals surface area contributed by atoms with Crippen molar-refractivity contribution in [3.05, 3.63) is 39.3 Å². The maximum Gasteiger partial charge on any atom is 0.261 e. The molecule has 7 heteroatoms. The predicted molar refractivity (Wildman–Crippen MR) is 84.0 cm³/mol. The number of amides is 1. The Balaban J connectivity index is 1.62. The van der Waals surface area contributed by atoms with Crippen molar-refractivity contribution in [2.24, 2.45) is 0 Å². The Kier molecular flexibility index (Phi) is 4.36. The van der Waals surface area contributed by atoms with E-state index in [0.29, 0.717) is 15.8 Å². The lowest BCUT2D eigenvalue weighted by Crippen LogP contribution is -2.24. The molecular weight excluding hydrogens is 308 g/mol. The van der Waals surface area contributed by atoms with Crippen LogP contribution in [0.4, 0.5) is 5.95 Å². The van der Waals surface area contributed by atoms with E-state index in [9.17, 15) is 4.79 Å². The van der Waals surface area contributed by atoms with Gasteiger partial charge in [0.05, 0.1) is 21.5 Å². The molecule has 1 aliphatic rings. The first-order valence-electron chi connectivity index (χ1n) is 6.83. The molecular formula is C14H15ClN4OS. The zero-order chi connectivity index (χ0) is 14.7. The third kappa shape index (κ3) is 3.51. The lowest BCUT2D eigenvalue weighted by molar-refractivity contribution is 0.0954. The normalized spacial score (nSPS) is 14.4. The molecule has 0 aromatic carbocycles. The van der Waals surface area contributed by atoms with Crippen LogP contribution in [0.1, 0.15) is 28.2 Å². The van der Waals surface area contributed by atoms with Gasteiger partial charge in [0, 0.05) is 19.3 Å². The topological polar surface area (TPSA) is 58.1 Å². The molecule has 21 heavy (non-hydrogen) atoms. The van der Waals surface area contributed by atoms with Crippen molar-refractivity contribution in [3.63, 3.8) is 0 Å². The molecule has 110 valence electrons. The van der Waals surface area contributed by atoms with Crippen LogP contribution in [-0.2, 0) is 6.54 Å². The fraction of sp³-hybridized carbons (Fsp3) is 0.357. The van der Waals surface area contributed by atoms with Crippen LogP contribution in [0.15, 0.2) is 24.4 Å². The van der Waals surface area contributed by atoms with Crippen molar-refractivity contribution in [2.75, 3.05) is 18.0 Å². The summed E-state index contributed by atoms with van der Waals surface area (Å²) in [5.74, 6) is 0.617. The maximum atomic E-state index is 12.0. The summed E-state index contributed by atoms with van der Waals surface area (Å²) in [4.78, 5) is 23.5. The standard InChI is InChI=1S/C14H15ClN4OS/c15-12-4-3-11(21-12)13(20)17-9-10-5-6-16-14(18-10)19-7-1-2-8-19/h3-6H,1-2,7-9H2,(H,17,20). The number of rotatable bonds is 4. The summed E-state index contributed by atoms with van der Waals surface area (Å²) < 4.78 is 0.610. The first-order chi connectivity index (χ1) is 10.2. The third-order valence-electron chi connectivity index (χ3n) is 3.32. The quantitative estimate of drug-likeness (QED) is 0.940. The minimum atomic E-state index is -0.131. The maximum absolute atomic E-state index is 12.0. The Labute approximate surface area is 132 Å². The van der Waals surface area contributed by atoms with Gasteiger partial charge in [-0.05, 0) is 31.0 Å². The minimum Gasteiger partial charge on any atom is -0.346 e. The summed E-state index contributed by atoms with van der Waals surface area (Å²) in [5, 5.41) is 2.85. The van der Waals surface area contributed by atoms with E-state index in [-0.39, 0.29) is 5.91 Å². The number of halogens is 1. The van der Waals surface area contributed by atoms with E-state index in [1.54, 1.807) is 18.3 Å². The van der Waals surface area contributed by atoms with E-state index < -0.39 is 0 Å². The van der Waals surface area contributed by atoms with Crippen molar-refractivity contribution in [1.82, 2.24) is 15.3 Å². The highest BCUT2D eigenvalue weighted by Gasteiger charge is 2.15. The molecule has 0 unspecified atom stereocenters. The van der Waals surface area contributed by atoms with Gasteiger partial charge in [-0.15, -0.1) is 11.3 Å². The Bertz CT molecular complexity index is 639. The summed E-state index contributed by atoms with van der Waals surface area (Å²) in [6.07, 6.45) is 4.11. The number of thiophene rings is 1. The van der Waals surface area contributed by atoms with Crippen molar-refractivity contribution in [3.8, 4) is 0 Å². The second-order valence-electron chi connectivity index (χ2n) is 4.83. The van der Waals surface area contributed by atoms with Crippen molar-refractivity contribution in [2.45, 2.75) is 19.4 Å². The number of carbonyl (C=O) groups excluding carboxylic acids is 1. The molecule has 3 heterocycles. The van der Waals surface area contributed by atoms with E-state index in [1.165, 1.54) is 24.2 Å². The summed E-state index contributed by atoms with van der Waals surface area (Å²) in [5.41, 5.74) is 0.808. The molecule has 0 radical (unpaired) electrons. The summed E-state index contributed by atoms with van der Waals surface area (Å²) >= 11 is 7.09. The monoisotopic (exact) mass is 322 g/mol. The largest absolute Gasteiger partial charge is 0.346 e. The van der Waals surface area contributed by atoms with Crippen LogP contribution in [0.25, 0.3) is 0 Å². The summed E-state index contributed by atoms with van der Waals surface area (Å²) in [6.45, 7) is 2.39. The Morgan fingerprint density at radius 2 is 2.14 bits per heavy atom. The van der Waals surface area contributed by atoms with Crippen LogP contribution >= 0.6 is 22.9 Å². The third-order valence-corrected chi connectivity index (χ3v) is 4.55. The molecule has 1 aliphatic heterocycles. The summed E-state index contributed by atoms with van der Waals surface area (Å²) in [7, 11) is 0. The van der Waals surface area contributed by atoms with Crippen LogP contribution in [0.3, 0.4) is 0 Å². The molecule has 1 fully saturated rings. The van der Waals surface area contributed by atoms with Gasteiger partial charge < -0.3 is 10.2 Å². The van der Waals surface area contributed by atoms with Crippen LogP contribution < -0.4 is 10.2 Å². The van der Waals surface area contributed by atoms with Crippen LogP contribution in [0.5, 0.6) is 0 Å². The zero-order valence-corrected chi connectivity index (χ0v) is 13.0. The molecule has 5 nitrogen and oxygen atoms in total. The van der Waals surface area contributed by atoms with Crippen LogP contribution in [0.2, 0.25) is 4.34 Å². The van der Waals surface area contributed by atoms with Crippen LogP contribution in [0, 0.1) is 0 Å². The number of nitrogens with zero attached hydrogens (tertiary/aromatic N) is 3. The highest BCUT2D eigenvalue weighted by molar-refractivity contribution is 7.17. The average molecular weight is 323 g/mol. The number of aromatic nitrogens is 2. The molecule has 1 saturated heterocycles. The van der Waals surface area contributed by atoms with E-state index >= 15 is 0 Å². The van der Waals surface area contributed by atoms with Gasteiger partial charge in [-0.1, -0.05) is 11.6 Å². The first-order valence-corrected chi connectivity index (χ1v) is 8.02. The molecule has 1 N–H and O–H groups in total. The number of anilines is 1. The number of hydrogen-bond acceptors (Lipinski definition) is 5. The second kappa shape index (κ2) is 6.41. The van der Waals surface area contributed by atoms with Crippen LogP contribution in [-0.4, -0.2) is 29.0 Å². The number of nitrogens with one attached hydrogen (secondary N) is 1. The van der Waals surface area contributed by atoms with Gasteiger partial charge in [0.15, 0.2) is 0 Å². The Morgan fingerprint density at radius 1 is 1.33 bits per heavy atom. The van der Waals surface area contributed by atoms with Gasteiger partial charge in [-0.3, -0.25) is 4.79 Å². The molecule has 0 aliphatic carbocycles. The Morgan fingerprint density at radius 3 is 2.86 bits per heavy atom. The van der Waals surface area contributed by atoms with E-state index in [0.717, 1.165) is 24.7 Å². The molecule has 0 saturated carbocycles. The smallest absolute Gasteiger partial charge is 0.261 e. The first kappa shape index (κ1) is 14.3. The zero-order valence-electron chi connectivity index (χ0n) is 11.4. The van der Waals surface area contributed by atoms with Crippen molar-refractivity contribution in [1.29, 1.82) is 0 Å². The Hall–Kier alpha value is -1.66. The lowest BCUT2D eigenvalue weighted by Gasteiger charge is -2.15. The molecule has 2 aromatic heterocycles. The molecule has 0 bridgehead atoms. The molecule has 0 spiro atoms. The fourth-order valence-electron chi connectivity index (χ4n) is 2.25. The molecule has 2 aromatic rings. The summed E-state index contributed by atoms with van der Waals surface area (Å²) in [6, 6.07) is 5.26. The lowest BCUT2D eigenvalue weighted by atomic mass is 10.3. The van der Waals surface area contributed by atoms with Gasteiger partial charge in [-0.25, -0.2) is 9.97 Å². The van der Waals surface area contributed by atoms with E-state index in [1.807, 2.05) is 6.07 Å². The van der Waals surface area contributed by atoms with E-state index in [2.05, 4.69) is 20.2 Å². The molecule has 1 amide bonds. The minimum absolute atomic E-state index is 0.131. The van der Waals surface area contributed by atoms with Gasteiger partial charge in [0.25, 0.3) is 5.91 Å². The van der Waals surface area contributed by atoms with Gasteiger partial charge in [0.1, 0.15) is 0 Å². The van der Waals surface area contributed by atoms with E-state index in [4.69, 9.17) is 11.6 Å². The van der Waals surface area contributed by atoms with Gasteiger partial charge in [-0.2, -0.15) is 0 Å². The number of hydrogen-bond donors (Lipinski definition) is 1. The second-order valence-corrected chi connectivity index (χ2v) is 6.54. The van der Waals surface area contributed by atoms with Crippen molar-refractivity contribution < 1.29 is 4.79 Å². The SMILES string of the molecule is O=C(NCc1ccnc(N2CCCC2)n1)c1ccc(Cl)s1. The average Bonchev–Trinajstić information content (AvgIpc) is 3.16. The fourth-order valence-corrected chi connectivity index (χ4v) is 3.21. The van der Waals surface area contributed by atoms with Crippen molar-refractivity contribution >= 4 is 34.8 Å². The van der Waals surface area contributed by atoms with Gasteiger partial charge >= 0.3 is 0 Å².